The van der Waals surface area contributed by atoms with E-state index in [1.54, 1.807) is 22.9 Å². The van der Waals surface area contributed by atoms with Gasteiger partial charge in [-0.15, -0.1) is 0 Å². The molecule has 0 aromatic carbocycles. The normalized spacial score (nSPS) is 10.2. The summed E-state index contributed by atoms with van der Waals surface area (Å²) < 4.78 is 11.4. The number of carbonyl (C=O) groups is 1. The number of pyridine rings is 1. The van der Waals surface area contributed by atoms with Crippen LogP contribution in [0.2, 0.25) is 0 Å². The molecule has 0 amide bonds. The van der Waals surface area contributed by atoms with Gasteiger partial charge in [0.05, 0.1) is 25.6 Å². The van der Waals surface area contributed by atoms with Crippen molar-refractivity contribution in [2.24, 2.45) is 0 Å². The highest BCUT2D eigenvalue weighted by atomic mass is 16.5. The van der Waals surface area contributed by atoms with E-state index in [4.69, 9.17) is 10.5 Å². The third kappa shape index (κ3) is 2.49. The summed E-state index contributed by atoms with van der Waals surface area (Å²) in [6, 6.07) is 3.49. The van der Waals surface area contributed by atoms with E-state index in [0.717, 1.165) is 0 Å². The summed E-state index contributed by atoms with van der Waals surface area (Å²) in [5, 5.41) is 0. The second-order valence-electron chi connectivity index (χ2n) is 3.63. The van der Waals surface area contributed by atoms with Crippen molar-refractivity contribution in [2.75, 3.05) is 19.5 Å². The lowest BCUT2D eigenvalue weighted by Gasteiger charge is -2.06. The molecule has 0 aliphatic carbocycles. The summed E-state index contributed by atoms with van der Waals surface area (Å²) in [5.41, 5.74) is 6.61. The molecule has 0 spiro atoms. The number of esters is 1. The lowest BCUT2D eigenvalue weighted by atomic mass is 10.4. The van der Waals surface area contributed by atoms with Gasteiger partial charge in [-0.05, 0) is 13.0 Å². The number of nitrogen functional groups attached to an aromatic ring is 1. The van der Waals surface area contributed by atoms with E-state index < -0.39 is 5.97 Å². The largest absolute Gasteiger partial charge is 0.478 e. The van der Waals surface area contributed by atoms with E-state index in [9.17, 15) is 4.79 Å². The van der Waals surface area contributed by atoms with Crippen LogP contribution < -0.4 is 10.5 Å². The minimum absolute atomic E-state index is 0.0800. The third-order valence-corrected chi connectivity index (χ3v) is 2.47. The monoisotopic (exact) mass is 262 g/mol. The molecule has 2 aromatic heterocycles. The molecule has 19 heavy (non-hydrogen) atoms. The summed E-state index contributed by atoms with van der Waals surface area (Å²) >= 11 is 0. The maximum Gasteiger partial charge on any atom is 0.360 e. The fourth-order valence-corrected chi connectivity index (χ4v) is 1.57. The van der Waals surface area contributed by atoms with Crippen molar-refractivity contribution in [2.45, 2.75) is 6.92 Å². The molecule has 0 radical (unpaired) electrons. The number of hydrogen-bond donors (Lipinski definition) is 1. The molecule has 7 nitrogen and oxygen atoms in total. The molecule has 0 aliphatic rings. The zero-order valence-corrected chi connectivity index (χ0v) is 10.7. The Balaban J connectivity index is 2.32. The van der Waals surface area contributed by atoms with Gasteiger partial charge in [-0.2, -0.15) is 0 Å². The van der Waals surface area contributed by atoms with Crippen LogP contribution in [0.5, 0.6) is 5.88 Å². The van der Waals surface area contributed by atoms with Gasteiger partial charge < -0.3 is 15.2 Å². The fraction of sp³-hybridized carbons (Fsp3) is 0.250. The number of rotatable bonds is 4. The van der Waals surface area contributed by atoms with Crippen LogP contribution in [0, 0.1) is 0 Å². The molecule has 7 heteroatoms. The maximum atomic E-state index is 11.4. The molecule has 100 valence electrons. The first kappa shape index (κ1) is 12.9. The number of nitrogens with two attached hydrogens (primary N) is 1. The van der Waals surface area contributed by atoms with Crippen LogP contribution in [0.4, 0.5) is 5.82 Å². The lowest BCUT2D eigenvalue weighted by molar-refractivity contribution is 0.0596. The quantitative estimate of drug-likeness (QED) is 0.827. The van der Waals surface area contributed by atoms with Crippen LogP contribution in [-0.2, 0) is 4.74 Å². The zero-order chi connectivity index (χ0) is 13.8. The molecular formula is C12H14N4O3. The second kappa shape index (κ2) is 5.38. The Bertz CT molecular complexity index is 577. The molecule has 0 saturated carbocycles. The Hall–Kier alpha value is -2.57. The van der Waals surface area contributed by atoms with Gasteiger partial charge >= 0.3 is 5.97 Å². The van der Waals surface area contributed by atoms with E-state index in [2.05, 4.69) is 14.7 Å². The summed E-state index contributed by atoms with van der Waals surface area (Å²) in [6.07, 6.45) is 3.03. The number of ether oxygens (including phenoxy) is 2. The van der Waals surface area contributed by atoms with Gasteiger partial charge in [0.1, 0.15) is 12.1 Å². The third-order valence-electron chi connectivity index (χ3n) is 2.47. The van der Waals surface area contributed by atoms with Crippen LogP contribution >= 0.6 is 0 Å². The Kier molecular flexibility index (Phi) is 3.65. The number of carbonyl (C=O) groups excluding carboxylic acids is 1. The number of nitrogens with zero attached hydrogens (tertiary/aromatic N) is 3. The van der Waals surface area contributed by atoms with Crippen molar-refractivity contribution in [3.05, 3.63) is 30.4 Å². The van der Waals surface area contributed by atoms with Gasteiger partial charge in [0.2, 0.25) is 5.88 Å². The standard InChI is InChI=1S/C12H14N4O3/c1-3-19-9-5-4-8(6-14-9)16-7-15-10(11(16)13)12(17)18-2/h4-7H,3,13H2,1-2H3. The average Bonchev–Trinajstić information content (AvgIpc) is 2.81. The highest BCUT2D eigenvalue weighted by Gasteiger charge is 2.16. The van der Waals surface area contributed by atoms with E-state index in [-0.39, 0.29) is 11.5 Å². The Morgan fingerprint density at radius 3 is 2.79 bits per heavy atom. The first-order chi connectivity index (χ1) is 9.17. The highest BCUT2D eigenvalue weighted by molar-refractivity contribution is 5.92. The molecule has 0 saturated heterocycles. The van der Waals surface area contributed by atoms with Gasteiger partial charge in [0, 0.05) is 6.07 Å². The van der Waals surface area contributed by atoms with Crippen LogP contribution in [0.3, 0.4) is 0 Å². The van der Waals surface area contributed by atoms with Crippen molar-refractivity contribution in [3.8, 4) is 11.6 Å². The van der Waals surface area contributed by atoms with Crippen molar-refractivity contribution in [3.63, 3.8) is 0 Å². The van der Waals surface area contributed by atoms with Crippen LogP contribution in [-0.4, -0.2) is 34.2 Å². The lowest BCUT2D eigenvalue weighted by Crippen LogP contribution is -2.07. The molecular weight excluding hydrogens is 248 g/mol. The average molecular weight is 262 g/mol. The SMILES string of the molecule is CCOc1ccc(-n2cnc(C(=O)OC)c2N)cn1. The number of hydrogen-bond acceptors (Lipinski definition) is 6. The summed E-state index contributed by atoms with van der Waals surface area (Å²) in [5.74, 6) is 0.158. The molecule has 0 fully saturated rings. The van der Waals surface area contributed by atoms with Crippen LogP contribution in [0.15, 0.2) is 24.7 Å². The summed E-state index contributed by atoms with van der Waals surface area (Å²) in [4.78, 5) is 19.4. The number of methoxy groups -OCH3 is 1. The van der Waals surface area contributed by atoms with Crippen molar-refractivity contribution < 1.29 is 14.3 Å². The molecule has 2 rings (SSSR count). The minimum Gasteiger partial charge on any atom is -0.478 e. The fourth-order valence-electron chi connectivity index (χ4n) is 1.57. The molecule has 0 bridgehead atoms. The molecule has 2 N–H and O–H groups in total. The predicted molar refractivity (Wildman–Crippen MR) is 68.3 cm³/mol. The van der Waals surface area contributed by atoms with Crippen LogP contribution in [0.1, 0.15) is 17.4 Å². The molecule has 0 atom stereocenters. The number of imidazole rings is 1. The topological polar surface area (TPSA) is 92.3 Å². The molecule has 0 unspecified atom stereocenters. The van der Waals surface area contributed by atoms with Crippen molar-refractivity contribution >= 4 is 11.8 Å². The van der Waals surface area contributed by atoms with Crippen molar-refractivity contribution in [1.82, 2.24) is 14.5 Å². The Morgan fingerprint density at radius 2 is 2.21 bits per heavy atom. The predicted octanol–water partition coefficient (Wildman–Crippen LogP) is 1.03. The summed E-state index contributed by atoms with van der Waals surface area (Å²) in [6.45, 7) is 2.43. The van der Waals surface area contributed by atoms with Gasteiger partial charge in [-0.1, -0.05) is 0 Å². The first-order valence-electron chi connectivity index (χ1n) is 5.67. The van der Waals surface area contributed by atoms with E-state index in [1.807, 2.05) is 6.92 Å². The van der Waals surface area contributed by atoms with Gasteiger partial charge in [-0.3, -0.25) is 4.57 Å². The number of aromatic nitrogens is 3. The van der Waals surface area contributed by atoms with Gasteiger partial charge in [0.15, 0.2) is 5.69 Å². The minimum atomic E-state index is -0.574. The zero-order valence-electron chi connectivity index (χ0n) is 10.7. The number of anilines is 1. The smallest absolute Gasteiger partial charge is 0.360 e. The second-order valence-corrected chi connectivity index (χ2v) is 3.63. The first-order valence-corrected chi connectivity index (χ1v) is 5.67. The molecule has 0 aliphatic heterocycles. The Labute approximate surface area is 110 Å². The summed E-state index contributed by atoms with van der Waals surface area (Å²) in [7, 11) is 1.28. The molecule has 2 heterocycles. The highest BCUT2D eigenvalue weighted by Crippen LogP contribution is 2.18. The van der Waals surface area contributed by atoms with E-state index >= 15 is 0 Å². The van der Waals surface area contributed by atoms with E-state index in [0.29, 0.717) is 18.2 Å². The van der Waals surface area contributed by atoms with Crippen LogP contribution in [0.25, 0.3) is 5.69 Å². The van der Waals surface area contributed by atoms with E-state index in [1.165, 1.54) is 13.4 Å². The van der Waals surface area contributed by atoms with Crippen molar-refractivity contribution in [1.29, 1.82) is 0 Å². The van der Waals surface area contributed by atoms with Gasteiger partial charge in [-0.25, -0.2) is 14.8 Å². The molecule has 2 aromatic rings. The Morgan fingerprint density at radius 1 is 1.42 bits per heavy atom. The van der Waals surface area contributed by atoms with Gasteiger partial charge in [0.25, 0.3) is 0 Å². The maximum absolute atomic E-state index is 11.4.